The number of hydrogen-bond acceptors (Lipinski definition) is 1. The van der Waals surface area contributed by atoms with Gasteiger partial charge in [0.05, 0.1) is 0 Å². The Hall–Kier alpha value is -0.340. The van der Waals surface area contributed by atoms with Gasteiger partial charge in [-0.2, -0.15) is 0 Å². The summed E-state index contributed by atoms with van der Waals surface area (Å²) in [5, 5.41) is 0. The van der Waals surface area contributed by atoms with Gasteiger partial charge in [-0.15, -0.1) is 0 Å². The van der Waals surface area contributed by atoms with Crippen LogP contribution in [0.25, 0.3) is 0 Å². The van der Waals surface area contributed by atoms with Gasteiger partial charge in [-0.25, -0.2) is 0 Å². The lowest BCUT2D eigenvalue weighted by atomic mass is 9.89. The molecule has 0 radical (unpaired) electrons. The second kappa shape index (κ2) is 4.77. The SMILES string of the molecule is CC(C)C(CN)c1ccccc1Br. The largest absolute Gasteiger partial charge is 0.330 e. The van der Waals surface area contributed by atoms with Gasteiger partial charge in [-0.3, -0.25) is 0 Å². The topological polar surface area (TPSA) is 26.0 Å². The highest BCUT2D eigenvalue weighted by Gasteiger charge is 2.15. The molecule has 1 unspecified atom stereocenters. The molecule has 0 saturated carbocycles. The smallest absolute Gasteiger partial charge is 0.0210 e. The highest BCUT2D eigenvalue weighted by atomic mass is 79.9. The number of nitrogens with two attached hydrogens (primary N) is 1. The van der Waals surface area contributed by atoms with Crippen LogP contribution in [0.15, 0.2) is 28.7 Å². The summed E-state index contributed by atoms with van der Waals surface area (Å²) >= 11 is 3.55. The van der Waals surface area contributed by atoms with Crippen molar-refractivity contribution in [2.45, 2.75) is 19.8 Å². The summed E-state index contributed by atoms with van der Waals surface area (Å²) in [5.74, 6) is 1.04. The van der Waals surface area contributed by atoms with Crippen LogP contribution in [0, 0.1) is 5.92 Å². The van der Waals surface area contributed by atoms with Gasteiger partial charge in [0.25, 0.3) is 0 Å². The molecule has 0 fully saturated rings. The zero-order chi connectivity index (χ0) is 9.84. The predicted octanol–water partition coefficient (Wildman–Crippen LogP) is 3.15. The number of rotatable bonds is 3. The molecular weight excluding hydrogens is 226 g/mol. The molecule has 0 bridgehead atoms. The number of halogens is 1. The van der Waals surface area contributed by atoms with E-state index in [9.17, 15) is 0 Å². The van der Waals surface area contributed by atoms with Gasteiger partial charge >= 0.3 is 0 Å². The highest BCUT2D eigenvalue weighted by molar-refractivity contribution is 9.10. The van der Waals surface area contributed by atoms with Gasteiger partial charge in [0.2, 0.25) is 0 Å². The molecule has 1 nitrogen and oxygen atoms in total. The summed E-state index contributed by atoms with van der Waals surface area (Å²) in [5.41, 5.74) is 7.07. The van der Waals surface area contributed by atoms with Crippen molar-refractivity contribution in [3.05, 3.63) is 34.3 Å². The Morgan fingerprint density at radius 3 is 2.38 bits per heavy atom. The summed E-state index contributed by atoms with van der Waals surface area (Å²) in [6.07, 6.45) is 0. The first kappa shape index (κ1) is 10.7. The van der Waals surface area contributed by atoms with Crippen molar-refractivity contribution >= 4 is 15.9 Å². The maximum Gasteiger partial charge on any atom is 0.0210 e. The minimum Gasteiger partial charge on any atom is -0.330 e. The van der Waals surface area contributed by atoms with Gasteiger partial charge in [-0.05, 0) is 30.0 Å². The normalized spacial score (nSPS) is 13.3. The van der Waals surface area contributed by atoms with Gasteiger partial charge in [0.1, 0.15) is 0 Å². The molecule has 1 atom stereocenters. The van der Waals surface area contributed by atoms with E-state index in [2.05, 4.69) is 48.0 Å². The lowest BCUT2D eigenvalue weighted by Crippen LogP contribution is -2.18. The van der Waals surface area contributed by atoms with Crippen LogP contribution in [-0.2, 0) is 0 Å². The fourth-order valence-electron chi connectivity index (χ4n) is 1.53. The summed E-state index contributed by atoms with van der Waals surface area (Å²) in [7, 11) is 0. The molecular formula is C11H16BrN. The molecule has 0 aliphatic carbocycles. The van der Waals surface area contributed by atoms with Crippen LogP contribution in [-0.4, -0.2) is 6.54 Å². The van der Waals surface area contributed by atoms with Crippen LogP contribution in [0.2, 0.25) is 0 Å². The molecule has 0 spiro atoms. The molecule has 0 saturated heterocycles. The molecule has 13 heavy (non-hydrogen) atoms. The molecule has 2 heteroatoms. The molecule has 0 amide bonds. The third-order valence-electron chi connectivity index (χ3n) is 2.36. The van der Waals surface area contributed by atoms with Crippen molar-refractivity contribution in [1.82, 2.24) is 0 Å². The average molecular weight is 242 g/mol. The van der Waals surface area contributed by atoms with Crippen molar-refractivity contribution in [3.8, 4) is 0 Å². The van der Waals surface area contributed by atoms with E-state index < -0.39 is 0 Å². The molecule has 1 aromatic rings. The van der Waals surface area contributed by atoms with Crippen molar-refractivity contribution in [2.24, 2.45) is 11.7 Å². The molecule has 0 aromatic heterocycles. The second-order valence-electron chi connectivity index (χ2n) is 3.61. The van der Waals surface area contributed by atoms with E-state index >= 15 is 0 Å². The molecule has 0 heterocycles. The Balaban J connectivity index is 2.97. The molecule has 0 aliphatic rings. The van der Waals surface area contributed by atoms with Crippen LogP contribution in [0.4, 0.5) is 0 Å². The zero-order valence-corrected chi connectivity index (χ0v) is 9.71. The first-order valence-electron chi connectivity index (χ1n) is 4.61. The predicted molar refractivity (Wildman–Crippen MR) is 60.8 cm³/mol. The number of benzene rings is 1. The minimum atomic E-state index is 0.454. The van der Waals surface area contributed by atoms with Crippen LogP contribution >= 0.6 is 15.9 Å². The number of hydrogen-bond donors (Lipinski definition) is 1. The fraction of sp³-hybridized carbons (Fsp3) is 0.455. The lowest BCUT2D eigenvalue weighted by Gasteiger charge is -2.20. The highest BCUT2D eigenvalue weighted by Crippen LogP contribution is 2.29. The summed E-state index contributed by atoms with van der Waals surface area (Å²) in [6.45, 7) is 5.12. The molecule has 1 aromatic carbocycles. The summed E-state index contributed by atoms with van der Waals surface area (Å²) in [4.78, 5) is 0. The standard InChI is InChI=1S/C11H16BrN/c1-8(2)10(7-13)9-5-3-4-6-11(9)12/h3-6,8,10H,7,13H2,1-2H3. The molecule has 0 aliphatic heterocycles. The molecule has 1 rings (SSSR count). The van der Waals surface area contributed by atoms with Gasteiger partial charge in [0, 0.05) is 4.47 Å². The van der Waals surface area contributed by atoms with Gasteiger partial charge in [0.15, 0.2) is 0 Å². The van der Waals surface area contributed by atoms with E-state index in [1.807, 2.05) is 6.07 Å². The van der Waals surface area contributed by atoms with E-state index in [1.54, 1.807) is 0 Å². The molecule has 2 N–H and O–H groups in total. The first-order valence-corrected chi connectivity index (χ1v) is 5.40. The van der Waals surface area contributed by atoms with E-state index in [0.717, 1.165) is 0 Å². The van der Waals surface area contributed by atoms with Crippen molar-refractivity contribution in [2.75, 3.05) is 6.54 Å². The second-order valence-corrected chi connectivity index (χ2v) is 4.46. The Labute approximate surface area is 88.5 Å². The Kier molecular flexibility index (Phi) is 3.94. The fourth-order valence-corrected chi connectivity index (χ4v) is 2.11. The van der Waals surface area contributed by atoms with E-state index in [1.165, 1.54) is 10.0 Å². The zero-order valence-electron chi connectivity index (χ0n) is 8.13. The summed E-state index contributed by atoms with van der Waals surface area (Å²) in [6, 6.07) is 8.30. The monoisotopic (exact) mass is 241 g/mol. The Morgan fingerprint density at radius 2 is 1.92 bits per heavy atom. The van der Waals surface area contributed by atoms with Crippen LogP contribution in [0.3, 0.4) is 0 Å². The van der Waals surface area contributed by atoms with Crippen molar-refractivity contribution < 1.29 is 0 Å². The van der Waals surface area contributed by atoms with Gasteiger partial charge in [-0.1, -0.05) is 48.0 Å². The maximum atomic E-state index is 5.75. The van der Waals surface area contributed by atoms with Gasteiger partial charge < -0.3 is 5.73 Å². The lowest BCUT2D eigenvalue weighted by molar-refractivity contribution is 0.505. The minimum absolute atomic E-state index is 0.454. The van der Waals surface area contributed by atoms with Crippen molar-refractivity contribution in [1.29, 1.82) is 0 Å². The Bertz CT molecular complexity index is 271. The maximum absolute atomic E-state index is 5.75. The third kappa shape index (κ3) is 2.55. The van der Waals surface area contributed by atoms with Crippen molar-refractivity contribution in [3.63, 3.8) is 0 Å². The quantitative estimate of drug-likeness (QED) is 0.865. The average Bonchev–Trinajstić information content (AvgIpc) is 2.09. The molecule has 72 valence electrons. The van der Waals surface area contributed by atoms with E-state index in [-0.39, 0.29) is 0 Å². The van der Waals surface area contributed by atoms with Crippen LogP contribution in [0.5, 0.6) is 0 Å². The van der Waals surface area contributed by atoms with E-state index in [4.69, 9.17) is 5.73 Å². The van der Waals surface area contributed by atoms with Crippen LogP contribution in [0.1, 0.15) is 25.3 Å². The Morgan fingerprint density at radius 1 is 1.31 bits per heavy atom. The van der Waals surface area contributed by atoms with Crippen LogP contribution < -0.4 is 5.73 Å². The first-order chi connectivity index (χ1) is 6.16. The van der Waals surface area contributed by atoms with E-state index in [0.29, 0.717) is 18.4 Å². The summed E-state index contributed by atoms with van der Waals surface area (Å²) < 4.78 is 1.17. The third-order valence-corrected chi connectivity index (χ3v) is 3.09.